The average Bonchev–Trinajstić information content (AvgIpc) is 2.68. The molecule has 1 aliphatic carbocycles. The Bertz CT molecular complexity index is 328. The number of hydrogen-bond donors (Lipinski definition) is 1. The van der Waals surface area contributed by atoms with Crippen molar-refractivity contribution >= 4 is 10.0 Å². The maximum Gasteiger partial charge on any atom is 0.214 e. The Balaban J connectivity index is 2.16. The van der Waals surface area contributed by atoms with Gasteiger partial charge in [0.2, 0.25) is 10.0 Å². The molecule has 4 nitrogen and oxygen atoms in total. The third-order valence-electron chi connectivity index (χ3n) is 3.57. The SMILES string of the molecule is CC1CN(C2CCCC2CO)S(=O)(=O)C1. The van der Waals surface area contributed by atoms with Crippen molar-refractivity contribution in [3.63, 3.8) is 0 Å². The molecule has 2 fully saturated rings. The average molecular weight is 233 g/mol. The van der Waals surface area contributed by atoms with Crippen LogP contribution in [0.5, 0.6) is 0 Å². The van der Waals surface area contributed by atoms with E-state index < -0.39 is 10.0 Å². The van der Waals surface area contributed by atoms with Gasteiger partial charge in [-0.15, -0.1) is 0 Å². The minimum Gasteiger partial charge on any atom is -0.396 e. The molecule has 0 radical (unpaired) electrons. The lowest BCUT2D eigenvalue weighted by Gasteiger charge is -2.27. The maximum absolute atomic E-state index is 11.9. The Morgan fingerprint density at radius 3 is 2.67 bits per heavy atom. The second-order valence-electron chi connectivity index (χ2n) is 4.89. The third-order valence-corrected chi connectivity index (χ3v) is 5.69. The molecule has 2 aliphatic rings. The molecule has 2 rings (SSSR count). The normalized spacial score (nSPS) is 41.1. The van der Waals surface area contributed by atoms with Gasteiger partial charge in [0.25, 0.3) is 0 Å². The highest BCUT2D eigenvalue weighted by molar-refractivity contribution is 7.89. The van der Waals surface area contributed by atoms with Crippen molar-refractivity contribution in [2.24, 2.45) is 11.8 Å². The Morgan fingerprint density at radius 1 is 1.40 bits per heavy atom. The Labute approximate surface area is 91.3 Å². The molecule has 88 valence electrons. The molecule has 0 aromatic carbocycles. The number of rotatable bonds is 2. The molecule has 1 heterocycles. The highest BCUT2D eigenvalue weighted by Crippen LogP contribution is 2.34. The Kier molecular flexibility index (Phi) is 3.05. The van der Waals surface area contributed by atoms with Crippen LogP contribution in [0.1, 0.15) is 26.2 Å². The number of aliphatic hydroxyl groups is 1. The van der Waals surface area contributed by atoms with Crippen molar-refractivity contribution in [2.45, 2.75) is 32.2 Å². The van der Waals surface area contributed by atoms with E-state index in [2.05, 4.69) is 0 Å². The first-order chi connectivity index (χ1) is 7.04. The van der Waals surface area contributed by atoms with Gasteiger partial charge in [-0.1, -0.05) is 13.3 Å². The molecule has 3 atom stereocenters. The first-order valence-electron chi connectivity index (χ1n) is 5.65. The van der Waals surface area contributed by atoms with Crippen molar-refractivity contribution < 1.29 is 13.5 Å². The lowest BCUT2D eigenvalue weighted by Crippen LogP contribution is -2.40. The summed E-state index contributed by atoms with van der Waals surface area (Å²) in [7, 11) is -3.04. The molecule has 0 bridgehead atoms. The van der Waals surface area contributed by atoms with Crippen molar-refractivity contribution in [3.05, 3.63) is 0 Å². The number of aliphatic hydroxyl groups excluding tert-OH is 1. The van der Waals surface area contributed by atoms with Crippen LogP contribution in [0.4, 0.5) is 0 Å². The van der Waals surface area contributed by atoms with E-state index in [1.807, 2.05) is 6.92 Å². The molecule has 15 heavy (non-hydrogen) atoms. The molecule has 0 amide bonds. The summed E-state index contributed by atoms with van der Waals surface area (Å²) < 4.78 is 25.4. The van der Waals surface area contributed by atoms with E-state index in [1.54, 1.807) is 4.31 Å². The van der Waals surface area contributed by atoms with Gasteiger partial charge >= 0.3 is 0 Å². The first-order valence-corrected chi connectivity index (χ1v) is 7.26. The smallest absolute Gasteiger partial charge is 0.214 e. The molecule has 1 N–H and O–H groups in total. The summed E-state index contributed by atoms with van der Waals surface area (Å²) in [6, 6.07) is 0.0601. The van der Waals surface area contributed by atoms with E-state index in [1.165, 1.54) is 0 Å². The van der Waals surface area contributed by atoms with Crippen molar-refractivity contribution in [3.8, 4) is 0 Å². The fourth-order valence-corrected chi connectivity index (χ4v) is 5.07. The topological polar surface area (TPSA) is 57.6 Å². The van der Waals surface area contributed by atoms with Gasteiger partial charge < -0.3 is 5.11 Å². The lowest BCUT2D eigenvalue weighted by atomic mass is 10.0. The molecular formula is C10H19NO3S. The number of sulfonamides is 1. The maximum atomic E-state index is 11.9. The van der Waals surface area contributed by atoms with Gasteiger partial charge in [0.1, 0.15) is 0 Å². The van der Waals surface area contributed by atoms with E-state index in [9.17, 15) is 13.5 Å². The number of nitrogens with zero attached hydrogens (tertiary/aromatic N) is 1. The van der Waals surface area contributed by atoms with Crippen LogP contribution < -0.4 is 0 Å². The van der Waals surface area contributed by atoms with Gasteiger partial charge in [0.15, 0.2) is 0 Å². The summed E-state index contributed by atoms with van der Waals surface area (Å²) in [5, 5.41) is 9.21. The van der Waals surface area contributed by atoms with Gasteiger partial charge in [-0.25, -0.2) is 8.42 Å². The summed E-state index contributed by atoms with van der Waals surface area (Å²) >= 11 is 0. The molecule has 5 heteroatoms. The first kappa shape index (κ1) is 11.4. The van der Waals surface area contributed by atoms with Crippen molar-refractivity contribution in [1.82, 2.24) is 4.31 Å². The molecule has 0 aromatic heterocycles. The summed E-state index contributed by atoms with van der Waals surface area (Å²) in [6.07, 6.45) is 2.91. The molecule has 3 unspecified atom stereocenters. The van der Waals surface area contributed by atoms with Crippen molar-refractivity contribution in [2.75, 3.05) is 18.9 Å². The lowest BCUT2D eigenvalue weighted by molar-refractivity contribution is 0.170. The van der Waals surface area contributed by atoms with Crippen LogP contribution in [0.3, 0.4) is 0 Å². The monoisotopic (exact) mass is 233 g/mol. The minimum absolute atomic E-state index is 0.0601. The minimum atomic E-state index is -3.04. The second-order valence-corrected chi connectivity index (χ2v) is 6.86. The quantitative estimate of drug-likeness (QED) is 0.752. The summed E-state index contributed by atoms with van der Waals surface area (Å²) in [4.78, 5) is 0. The van der Waals surface area contributed by atoms with E-state index in [0.29, 0.717) is 6.54 Å². The standard InChI is InChI=1S/C10H19NO3S/c1-8-5-11(15(13,14)7-8)10-4-2-3-9(10)6-12/h8-10,12H,2-7H2,1H3. The summed E-state index contributed by atoms with van der Waals surface area (Å²) in [5.41, 5.74) is 0. The van der Waals surface area contributed by atoms with Crippen LogP contribution in [0, 0.1) is 11.8 Å². The number of hydrogen-bond acceptors (Lipinski definition) is 3. The van der Waals surface area contributed by atoms with E-state index in [0.717, 1.165) is 19.3 Å². The van der Waals surface area contributed by atoms with Gasteiger partial charge in [-0.05, 0) is 24.7 Å². The zero-order valence-corrected chi connectivity index (χ0v) is 9.91. The highest BCUT2D eigenvalue weighted by Gasteiger charge is 2.42. The molecule has 0 aromatic rings. The van der Waals surface area contributed by atoms with Gasteiger partial charge in [0, 0.05) is 19.2 Å². The second kappa shape index (κ2) is 4.03. The zero-order valence-electron chi connectivity index (χ0n) is 9.09. The van der Waals surface area contributed by atoms with Gasteiger partial charge in [-0.2, -0.15) is 4.31 Å². The van der Waals surface area contributed by atoms with E-state index >= 15 is 0 Å². The van der Waals surface area contributed by atoms with Gasteiger partial charge in [-0.3, -0.25) is 0 Å². The largest absolute Gasteiger partial charge is 0.396 e. The highest BCUT2D eigenvalue weighted by atomic mass is 32.2. The zero-order chi connectivity index (χ0) is 11.1. The molecule has 1 saturated carbocycles. The van der Waals surface area contributed by atoms with Crippen LogP contribution in [0.2, 0.25) is 0 Å². The van der Waals surface area contributed by atoms with E-state index in [-0.39, 0.29) is 30.2 Å². The molecule has 1 saturated heterocycles. The molecule has 0 spiro atoms. The van der Waals surface area contributed by atoms with Crippen molar-refractivity contribution in [1.29, 1.82) is 0 Å². The third kappa shape index (κ3) is 2.05. The van der Waals surface area contributed by atoms with E-state index in [4.69, 9.17) is 0 Å². The predicted molar refractivity (Wildman–Crippen MR) is 57.9 cm³/mol. The Hall–Kier alpha value is -0.130. The predicted octanol–water partition coefficient (Wildman–Crippen LogP) is 0.429. The van der Waals surface area contributed by atoms with Gasteiger partial charge in [0.05, 0.1) is 5.75 Å². The van der Waals surface area contributed by atoms with Crippen LogP contribution >= 0.6 is 0 Å². The Morgan fingerprint density at radius 2 is 2.13 bits per heavy atom. The molecular weight excluding hydrogens is 214 g/mol. The van der Waals surface area contributed by atoms with Crippen LogP contribution in [-0.4, -0.2) is 42.8 Å². The van der Waals surface area contributed by atoms with Crippen LogP contribution in [0.15, 0.2) is 0 Å². The summed E-state index contributed by atoms with van der Waals surface area (Å²) in [5.74, 6) is 0.668. The fourth-order valence-electron chi connectivity index (χ4n) is 2.88. The fraction of sp³-hybridized carbons (Fsp3) is 1.00. The van der Waals surface area contributed by atoms with Crippen LogP contribution in [0.25, 0.3) is 0 Å². The van der Waals surface area contributed by atoms with Crippen LogP contribution in [-0.2, 0) is 10.0 Å². The summed E-state index contributed by atoms with van der Waals surface area (Å²) in [6.45, 7) is 2.73. The molecule has 1 aliphatic heterocycles.